The molecule has 4 heteroatoms. The van der Waals surface area contributed by atoms with Gasteiger partial charge in [0, 0.05) is 13.2 Å². The topological polar surface area (TPSA) is 9.23 Å². The molecule has 0 spiro atoms. The molecule has 0 aromatic heterocycles. The van der Waals surface area contributed by atoms with Gasteiger partial charge in [-0.15, -0.1) is 24.8 Å². The number of halogens is 2. The third kappa shape index (κ3) is 9.47. The Morgan fingerprint density at radius 3 is 1.33 bits per heavy atom. The summed E-state index contributed by atoms with van der Waals surface area (Å²) in [5.74, 6) is 0. The first-order chi connectivity index (χ1) is 9.29. The predicted octanol–water partition coefficient (Wildman–Crippen LogP) is 5.21. The summed E-state index contributed by atoms with van der Waals surface area (Å²) in [6.45, 7) is 5.67. The Bertz CT molecular complexity index is 396. The molecular weight excluding hydrogens is 470 g/mol. The molecule has 0 bridgehead atoms. The van der Waals surface area contributed by atoms with Crippen molar-refractivity contribution in [3.05, 3.63) is 71.8 Å². The van der Waals surface area contributed by atoms with Gasteiger partial charge in [0.25, 0.3) is 0 Å². The van der Waals surface area contributed by atoms with E-state index >= 15 is 0 Å². The van der Waals surface area contributed by atoms with Gasteiger partial charge in [-0.05, 0) is 13.8 Å². The van der Waals surface area contributed by atoms with Crippen LogP contribution in [0.1, 0.15) is 28.6 Å². The molecule has 0 aliphatic rings. The molecule has 0 N–H and O–H groups in total. The summed E-state index contributed by atoms with van der Waals surface area (Å²) in [4.78, 5) is 0. The number of ether oxygens (including phenoxy) is 1. The predicted molar refractivity (Wildman–Crippen MR) is 91.4 cm³/mol. The maximum atomic E-state index is 4.83. The molecule has 0 fully saturated rings. The zero-order valence-corrected chi connectivity index (χ0v) is 17.7. The average molecular weight is 493 g/mol. The van der Waals surface area contributed by atoms with Crippen LogP contribution in [0.2, 0.25) is 0 Å². The van der Waals surface area contributed by atoms with Crippen LogP contribution >= 0.6 is 24.8 Å². The molecule has 21 heavy (non-hydrogen) atoms. The van der Waals surface area contributed by atoms with Crippen molar-refractivity contribution in [2.45, 2.75) is 17.5 Å². The van der Waals surface area contributed by atoms with Crippen molar-refractivity contribution in [1.82, 2.24) is 0 Å². The first-order valence-corrected chi connectivity index (χ1v) is 8.75. The third-order valence-corrected chi connectivity index (χ3v) is 5.07. The molecule has 0 unspecified atom stereocenters. The number of hydrogen-bond acceptors (Lipinski definition) is 1. The third-order valence-electron chi connectivity index (χ3n) is 2.67. The molecule has 0 amide bonds. The Morgan fingerprint density at radius 1 is 0.762 bits per heavy atom. The van der Waals surface area contributed by atoms with Gasteiger partial charge in [-0.3, -0.25) is 0 Å². The van der Waals surface area contributed by atoms with E-state index in [0.29, 0.717) is 3.67 Å². The van der Waals surface area contributed by atoms with Crippen LogP contribution < -0.4 is 0 Å². The van der Waals surface area contributed by atoms with Crippen LogP contribution in [0.5, 0.6) is 0 Å². The van der Waals surface area contributed by atoms with Crippen LogP contribution in [-0.4, -0.2) is 13.2 Å². The van der Waals surface area contributed by atoms with Crippen molar-refractivity contribution in [3.8, 4) is 0 Å². The van der Waals surface area contributed by atoms with Crippen LogP contribution in [0.25, 0.3) is 0 Å². The van der Waals surface area contributed by atoms with Crippen LogP contribution in [0.15, 0.2) is 60.7 Å². The van der Waals surface area contributed by atoms with Crippen LogP contribution in [-0.2, 0) is 29.1 Å². The second-order valence-corrected chi connectivity index (χ2v) is 6.11. The van der Waals surface area contributed by atoms with Gasteiger partial charge in [0.2, 0.25) is 0 Å². The molecule has 0 aliphatic carbocycles. The van der Waals surface area contributed by atoms with Gasteiger partial charge in [-0.1, -0.05) is 0 Å². The minimum absolute atomic E-state index is 0. The van der Waals surface area contributed by atoms with Crippen LogP contribution in [0, 0.1) is 0 Å². The monoisotopic (exact) mass is 493 g/mol. The van der Waals surface area contributed by atoms with E-state index in [1.54, 1.807) is 0 Å². The second kappa shape index (κ2) is 14.8. The average Bonchev–Trinajstić information content (AvgIpc) is 2.50. The van der Waals surface area contributed by atoms with E-state index < -0.39 is 0 Å². The Morgan fingerprint density at radius 2 is 1.10 bits per heavy atom. The molecule has 2 aromatic rings. The minimum atomic E-state index is 0. The van der Waals surface area contributed by atoms with Gasteiger partial charge in [0.05, 0.1) is 0 Å². The Balaban J connectivity index is 0. The van der Waals surface area contributed by atoms with Crippen molar-refractivity contribution in [2.75, 3.05) is 13.2 Å². The number of rotatable bonds is 4. The standard InChI is InChI=1S/C13H11.C4H10O.2ClH.Hf/c1-3-7-12(8-4-1)11-13-9-5-2-6-10-13;1-3-5-4-2;;;/h1-11H;3-4H2,1-2H3;2*1H;. The van der Waals surface area contributed by atoms with Crippen molar-refractivity contribution in [3.63, 3.8) is 0 Å². The Kier molecular flexibility index (Phi) is 16.3. The molecule has 0 saturated carbocycles. The van der Waals surface area contributed by atoms with Gasteiger partial charge >= 0.3 is 99.8 Å². The molecule has 1 nitrogen and oxygen atoms in total. The molecule has 115 valence electrons. The number of benzene rings is 2. The zero-order chi connectivity index (χ0) is 13.9. The molecular formula is C17H23Cl2HfO. The Labute approximate surface area is 155 Å². The van der Waals surface area contributed by atoms with Crippen molar-refractivity contribution >= 4 is 24.8 Å². The summed E-state index contributed by atoms with van der Waals surface area (Å²) < 4.78 is 5.46. The summed E-state index contributed by atoms with van der Waals surface area (Å²) in [6.07, 6.45) is 0. The summed E-state index contributed by atoms with van der Waals surface area (Å²) in [6, 6.07) is 21.5. The molecule has 2 aromatic carbocycles. The summed E-state index contributed by atoms with van der Waals surface area (Å²) in [5.41, 5.74) is 2.87. The summed E-state index contributed by atoms with van der Waals surface area (Å²) in [5, 5.41) is 0. The van der Waals surface area contributed by atoms with Gasteiger partial charge in [0.15, 0.2) is 0 Å². The first kappa shape index (κ1) is 23.1. The molecule has 0 aliphatic heterocycles. The summed E-state index contributed by atoms with van der Waals surface area (Å²) in [7, 11) is 0. The second-order valence-electron chi connectivity index (χ2n) is 4.04. The molecule has 2 rings (SSSR count). The van der Waals surface area contributed by atoms with Crippen molar-refractivity contribution < 1.29 is 29.1 Å². The Hall–Kier alpha value is -0.150. The van der Waals surface area contributed by atoms with Crippen molar-refractivity contribution in [1.29, 1.82) is 0 Å². The van der Waals surface area contributed by atoms with E-state index in [2.05, 4.69) is 60.7 Å². The van der Waals surface area contributed by atoms with Gasteiger partial charge in [-0.25, -0.2) is 0 Å². The molecule has 0 heterocycles. The van der Waals surface area contributed by atoms with E-state index in [9.17, 15) is 0 Å². The zero-order valence-electron chi connectivity index (χ0n) is 12.5. The molecule has 0 atom stereocenters. The van der Waals surface area contributed by atoms with E-state index in [-0.39, 0.29) is 24.8 Å². The van der Waals surface area contributed by atoms with E-state index in [1.807, 2.05) is 13.8 Å². The van der Waals surface area contributed by atoms with Gasteiger partial charge in [0.1, 0.15) is 0 Å². The van der Waals surface area contributed by atoms with Crippen LogP contribution in [0.4, 0.5) is 0 Å². The van der Waals surface area contributed by atoms with Crippen molar-refractivity contribution in [2.24, 2.45) is 0 Å². The fourth-order valence-corrected chi connectivity index (χ4v) is 3.07. The fraction of sp³-hybridized carbons (Fsp3) is 0.294. The van der Waals surface area contributed by atoms with Crippen LogP contribution in [0.3, 0.4) is 0 Å². The molecule has 0 radical (unpaired) electrons. The maximum absolute atomic E-state index is 4.83. The van der Waals surface area contributed by atoms with Gasteiger partial charge in [-0.2, -0.15) is 0 Å². The van der Waals surface area contributed by atoms with E-state index in [0.717, 1.165) is 37.6 Å². The summed E-state index contributed by atoms with van der Waals surface area (Å²) >= 11 is 1.16. The first-order valence-electron chi connectivity index (χ1n) is 6.68. The number of hydrogen-bond donors (Lipinski definition) is 0. The quantitative estimate of drug-likeness (QED) is 0.533. The SMILES string of the molecule is CCOCC.Cl.Cl.[Hf][CH](c1ccccc1)c1ccccc1. The van der Waals surface area contributed by atoms with E-state index in [1.165, 1.54) is 11.1 Å². The molecule has 0 saturated heterocycles. The van der Waals surface area contributed by atoms with E-state index in [4.69, 9.17) is 4.74 Å². The van der Waals surface area contributed by atoms with Gasteiger partial charge < -0.3 is 4.74 Å². The normalized spacial score (nSPS) is 8.86. The fourth-order valence-electron chi connectivity index (χ4n) is 1.69.